The Hall–Kier alpha value is -3.22. The number of piperidine rings is 1. The highest BCUT2D eigenvalue weighted by Crippen LogP contribution is 2.28. The van der Waals surface area contributed by atoms with Crippen molar-refractivity contribution < 1.29 is 9.21 Å². The van der Waals surface area contributed by atoms with E-state index in [1.807, 2.05) is 26.8 Å². The minimum Gasteiger partial charge on any atom is -0.408 e. The average molecular weight is 508 g/mol. The summed E-state index contributed by atoms with van der Waals surface area (Å²) in [6.07, 6.45) is 1.59. The summed E-state index contributed by atoms with van der Waals surface area (Å²) < 4.78 is 5.20. The first-order valence-electron chi connectivity index (χ1n) is 12.2. The fraction of sp³-hybridized carbons (Fsp3) is 0.481. The van der Waals surface area contributed by atoms with Crippen LogP contribution in [-0.2, 0) is 11.3 Å². The van der Waals surface area contributed by atoms with Crippen LogP contribution in [0.1, 0.15) is 49.8 Å². The number of nitrogens with zero attached hydrogens (tertiary/aromatic N) is 3. The number of amides is 1. The van der Waals surface area contributed by atoms with Crippen molar-refractivity contribution in [2.24, 2.45) is 5.41 Å². The molecule has 0 radical (unpaired) electrons. The zero-order chi connectivity index (χ0) is 25.9. The molecule has 8 nitrogen and oxygen atoms in total. The Morgan fingerprint density at radius 3 is 2.61 bits per heavy atom. The molecule has 9 heteroatoms. The van der Waals surface area contributed by atoms with Crippen LogP contribution >= 0.6 is 11.3 Å². The third-order valence-electron chi connectivity index (χ3n) is 6.45. The highest BCUT2D eigenvalue weighted by molar-refractivity contribution is 7.11. The number of likely N-dealkylation sites (tertiary alicyclic amines) is 1. The zero-order valence-corrected chi connectivity index (χ0v) is 22.1. The Morgan fingerprint density at radius 1 is 1.25 bits per heavy atom. The van der Waals surface area contributed by atoms with Gasteiger partial charge in [0, 0.05) is 29.4 Å². The summed E-state index contributed by atoms with van der Waals surface area (Å²) in [5, 5.41) is 17.0. The molecule has 1 aliphatic heterocycles. The third kappa shape index (κ3) is 6.31. The standard InChI is InChI=1S/C27H33N5O3S/c1-18-9-10-19(36-18)16-32-13-11-27(17-28,12-14-32)31-24(33)21(15-26(2,3)4)29-23-20-7-5-6-8-22(20)35-25(34)30-23/h5-10,21H,11-16H2,1-4H3,(H,31,33)(H,29,30,34). The number of aromatic nitrogens is 1. The summed E-state index contributed by atoms with van der Waals surface area (Å²) in [5.74, 6) is -0.695. The molecule has 0 saturated carbocycles. The Labute approximate surface area is 215 Å². The van der Waals surface area contributed by atoms with Crippen LogP contribution in [0.25, 0.3) is 11.0 Å². The van der Waals surface area contributed by atoms with Crippen molar-refractivity contribution in [3.8, 4) is 6.07 Å². The number of nitriles is 1. The number of fused-ring (bicyclic) bond motifs is 1. The van der Waals surface area contributed by atoms with Crippen LogP contribution < -0.4 is 16.4 Å². The van der Waals surface area contributed by atoms with Crippen molar-refractivity contribution in [2.45, 2.75) is 65.1 Å². The number of benzene rings is 1. The molecular weight excluding hydrogens is 474 g/mol. The van der Waals surface area contributed by atoms with E-state index < -0.39 is 17.3 Å². The zero-order valence-electron chi connectivity index (χ0n) is 21.3. The topological polar surface area (TPSA) is 111 Å². The lowest BCUT2D eigenvalue weighted by Gasteiger charge is -2.38. The molecule has 36 heavy (non-hydrogen) atoms. The second-order valence-electron chi connectivity index (χ2n) is 10.8. The molecule has 4 rings (SSSR count). The molecule has 3 aromatic rings. The summed E-state index contributed by atoms with van der Waals surface area (Å²) in [7, 11) is 0. The van der Waals surface area contributed by atoms with Crippen molar-refractivity contribution in [2.75, 3.05) is 18.4 Å². The summed E-state index contributed by atoms with van der Waals surface area (Å²) in [4.78, 5) is 34.6. The lowest BCUT2D eigenvalue weighted by Crippen LogP contribution is -2.57. The van der Waals surface area contributed by atoms with Crippen LogP contribution in [0.2, 0.25) is 0 Å². The molecule has 1 saturated heterocycles. The molecule has 0 bridgehead atoms. The second-order valence-corrected chi connectivity index (χ2v) is 12.1. The number of hydrogen-bond acceptors (Lipinski definition) is 8. The van der Waals surface area contributed by atoms with Gasteiger partial charge in [0.15, 0.2) is 0 Å². The van der Waals surface area contributed by atoms with Crippen LogP contribution in [0.15, 0.2) is 45.6 Å². The van der Waals surface area contributed by atoms with E-state index in [4.69, 9.17) is 4.42 Å². The van der Waals surface area contributed by atoms with Crippen molar-refractivity contribution in [1.82, 2.24) is 15.2 Å². The molecule has 190 valence electrons. The molecule has 2 aromatic heterocycles. The third-order valence-corrected chi connectivity index (χ3v) is 7.43. The summed E-state index contributed by atoms with van der Waals surface area (Å²) >= 11 is 1.79. The fourth-order valence-corrected chi connectivity index (χ4v) is 5.52. The average Bonchev–Trinajstić information content (AvgIpc) is 3.23. The lowest BCUT2D eigenvalue weighted by atomic mass is 9.85. The predicted octanol–water partition coefficient (Wildman–Crippen LogP) is 4.45. The maximum absolute atomic E-state index is 13.6. The molecular formula is C27H33N5O3S. The second kappa shape index (κ2) is 10.4. The van der Waals surface area contributed by atoms with Crippen LogP contribution in [0.5, 0.6) is 0 Å². The van der Waals surface area contributed by atoms with Crippen LogP contribution in [0, 0.1) is 23.7 Å². The van der Waals surface area contributed by atoms with Gasteiger partial charge in [0.2, 0.25) is 5.91 Å². The Bertz CT molecular complexity index is 1330. The van der Waals surface area contributed by atoms with Gasteiger partial charge < -0.3 is 15.1 Å². The van der Waals surface area contributed by atoms with Gasteiger partial charge in [0.05, 0.1) is 11.5 Å². The van der Waals surface area contributed by atoms with E-state index in [0.29, 0.717) is 36.0 Å². The number of nitrogens with one attached hydrogen (secondary N) is 2. The van der Waals surface area contributed by atoms with Gasteiger partial charge >= 0.3 is 5.76 Å². The number of anilines is 1. The summed E-state index contributed by atoms with van der Waals surface area (Å²) in [6, 6.07) is 13.1. The summed E-state index contributed by atoms with van der Waals surface area (Å²) in [5.41, 5.74) is -0.717. The van der Waals surface area contributed by atoms with E-state index >= 15 is 0 Å². The molecule has 2 N–H and O–H groups in total. The van der Waals surface area contributed by atoms with Crippen molar-refractivity contribution in [3.05, 3.63) is 56.7 Å². The molecule has 3 heterocycles. The van der Waals surface area contributed by atoms with Gasteiger partial charge in [-0.3, -0.25) is 9.69 Å². The molecule has 1 aliphatic rings. The van der Waals surface area contributed by atoms with E-state index in [-0.39, 0.29) is 11.3 Å². The largest absolute Gasteiger partial charge is 0.441 e. The number of carbonyl (C=O) groups excluding carboxylic acids is 1. The minimum atomic E-state index is -0.929. The van der Waals surface area contributed by atoms with E-state index in [0.717, 1.165) is 19.6 Å². The first kappa shape index (κ1) is 25.9. The molecule has 1 amide bonds. The highest BCUT2D eigenvalue weighted by Gasteiger charge is 2.38. The normalized spacial score (nSPS) is 16.9. The van der Waals surface area contributed by atoms with Crippen LogP contribution in [0.3, 0.4) is 0 Å². The van der Waals surface area contributed by atoms with Gasteiger partial charge in [-0.2, -0.15) is 10.2 Å². The first-order valence-corrected chi connectivity index (χ1v) is 13.0. The SMILES string of the molecule is Cc1ccc(CN2CCC(C#N)(NC(=O)C(CC(C)(C)C)Nc3nc(=O)oc4ccccc34)CC2)s1. The van der Waals surface area contributed by atoms with Gasteiger partial charge in [-0.1, -0.05) is 32.9 Å². The lowest BCUT2D eigenvalue weighted by molar-refractivity contribution is -0.124. The molecule has 1 aromatic carbocycles. The highest BCUT2D eigenvalue weighted by atomic mass is 32.1. The van der Waals surface area contributed by atoms with Gasteiger partial charge in [-0.05, 0) is 55.9 Å². The first-order chi connectivity index (χ1) is 17.1. The van der Waals surface area contributed by atoms with E-state index in [1.54, 1.807) is 29.5 Å². The van der Waals surface area contributed by atoms with Crippen molar-refractivity contribution >= 4 is 34.0 Å². The van der Waals surface area contributed by atoms with E-state index in [2.05, 4.69) is 45.6 Å². The number of hydrogen-bond donors (Lipinski definition) is 2. The number of rotatable bonds is 7. The van der Waals surface area contributed by atoms with E-state index in [1.165, 1.54) is 9.75 Å². The van der Waals surface area contributed by atoms with Crippen molar-refractivity contribution in [3.63, 3.8) is 0 Å². The van der Waals surface area contributed by atoms with Gasteiger partial charge in [0.1, 0.15) is 23.0 Å². The van der Waals surface area contributed by atoms with Crippen LogP contribution in [-0.4, -0.2) is 40.5 Å². The number of thiophene rings is 1. The Balaban J connectivity index is 1.50. The fourth-order valence-electron chi connectivity index (χ4n) is 4.59. The van der Waals surface area contributed by atoms with Gasteiger partial charge in [-0.25, -0.2) is 4.79 Å². The van der Waals surface area contributed by atoms with Gasteiger partial charge in [-0.15, -0.1) is 11.3 Å². The number of para-hydroxylation sites is 1. The minimum absolute atomic E-state index is 0.188. The Kier molecular flexibility index (Phi) is 7.48. The maximum atomic E-state index is 13.6. The molecule has 0 spiro atoms. The van der Waals surface area contributed by atoms with E-state index in [9.17, 15) is 14.9 Å². The number of aryl methyl sites for hydroxylation is 1. The quantitative estimate of drug-likeness (QED) is 0.486. The van der Waals surface area contributed by atoms with Gasteiger partial charge in [0.25, 0.3) is 0 Å². The monoisotopic (exact) mass is 507 g/mol. The summed E-state index contributed by atoms with van der Waals surface area (Å²) in [6.45, 7) is 10.6. The van der Waals surface area contributed by atoms with Crippen LogP contribution in [0.4, 0.5) is 5.82 Å². The molecule has 1 unspecified atom stereocenters. The smallest absolute Gasteiger partial charge is 0.408 e. The Morgan fingerprint density at radius 2 is 1.97 bits per heavy atom. The maximum Gasteiger partial charge on any atom is 0.441 e. The van der Waals surface area contributed by atoms with Crippen molar-refractivity contribution in [1.29, 1.82) is 5.26 Å². The predicted molar refractivity (Wildman–Crippen MR) is 142 cm³/mol. The molecule has 0 aliphatic carbocycles. The molecule has 1 atom stereocenters. The molecule has 1 fully saturated rings. The number of carbonyl (C=O) groups is 1.